The molecule has 0 saturated heterocycles. The maximum atomic E-state index is 11.3. The molecular weight excluding hydrogens is 276 g/mol. The van der Waals surface area contributed by atoms with Gasteiger partial charge in [0.15, 0.2) is 0 Å². The molecule has 20 heavy (non-hydrogen) atoms. The summed E-state index contributed by atoms with van der Waals surface area (Å²) in [6.07, 6.45) is 0. The van der Waals surface area contributed by atoms with E-state index in [4.69, 9.17) is 0 Å². The molecule has 2 rings (SSSR count). The highest BCUT2D eigenvalue weighted by molar-refractivity contribution is 7.80. The Labute approximate surface area is 119 Å². The SMILES string of the molecule is CC(=O)Nc1c(NS(=O)[O-])cccc1-c1ccccc1. The van der Waals surface area contributed by atoms with Crippen molar-refractivity contribution in [3.63, 3.8) is 0 Å². The second kappa shape index (κ2) is 6.31. The van der Waals surface area contributed by atoms with Crippen molar-refractivity contribution in [1.82, 2.24) is 0 Å². The van der Waals surface area contributed by atoms with Gasteiger partial charge in [-0.1, -0.05) is 42.5 Å². The van der Waals surface area contributed by atoms with Crippen molar-refractivity contribution in [2.45, 2.75) is 6.92 Å². The first-order valence-electron chi connectivity index (χ1n) is 5.90. The van der Waals surface area contributed by atoms with Gasteiger partial charge >= 0.3 is 0 Å². The summed E-state index contributed by atoms with van der Waals surface area (Å²) < 4.78 is 24.0. The Bertz CT molecular complexity index is 644. The minimum absolute atomic E-state index is 0.270. The molecular formula is C14H13N2O3S-. The highest BCUT2D eigenvalue weighted by Gasteiger charge is 2.11. The monoisotopic (exact) mass is 289 g/mol. The molecule has 5 nitrogen and oxygen atoms in total. The van der Waals surface area contributed by atoms with E-state index in [1.807, 2.05) is 36.4 Å². The molecule has 1 unspecified atom stereocenters. The van der Waals surface area contributed by atoms with Gasteiger partial charge in [-0.2, -0.15) is 0 Å². The first kappa shape index (κ1) is 14.2. The highest BCUT2D eigenvalue weighted by Crippen LogP contribution is 2.34. The summed E-state index contributed by atoms with van der Waals surface area (Å²) in [4.78, 5) is 11.3. The number of carbonyl (C=O) groups excluding carboxylic acids is 1. The van der Waals surface area contributed by atoms with Crippen LogP contribution in [0.15, 0.2) is 48.5 Å². The van der Waals surface area contributed by atoms with Crippen LogP contribution in [0, 0.1) is 0 Å². The Balaban J connectivity index is 2.55. The number of anilines is 2. The third-order valence-corrected chi connectivity index (χ3v) is 3.03. The molecule has 0 aliphatic carbocycles. The molecule has 1 atom stereocenters. The van der Waals surface area contributed by atoms with Crippen LogP contribution in [0.1, 0.15) is 6.92 Å². The van der Waals surface area contributed by atoms with Crippen molar-refractivity contribution in [3.05, 3.63) is 48.5 Å². The second-order valence-electron chi connectivity index (χ2n) is 4.11. The summed E-state index contributed by atoms with van der Waals surface area (Å²) in [6.45, 7) is 1.37. The van der Waals surface area contributed by atoms with Gasteiger partial charge in [-0.05, 0) is 11.6 Å². The van der Waals surface area contributed by atoms with Crippen molar-refractivity contribution < 1.29 is 13.6 Å². The van der Waals surface area contributed by atoms with E-state index in [0.29, 0.717) is 11.4 Å². The van der Waals surface area contributed by atoms with Gasteiger partial charge in [-0.25, -0.2) is 0 Å². The Hall–Kier alpha value is -2.18. The molecule has 6 heteroatoms. The number of benzene rings is 2. The normalized spacial score (nSPS) is 11.7. The maximum Gasteiger partial charge on any atom is 0.221 e. The zero-order chi connectivity index (χ0) is 14.5. The fourth-order valence-electron chi connectivity index (χ4n) is 1.90. The standard InChI is InChI=1S/C14H14N2O3S/c1-10(17)15-14-12(11-6-3-2-4-7-11)8-5-9-13(14)16-20(18)19/h2-9,16H,1H3,(H,15,17)(H,18,19)/p-1. The van der Waals surface area contributed by atoms with Crippen LogP contribution in [0.25, 0.3) is 11.1 Å². The first-order chi connectivity index (χ1) is 9.58. The summed E-state index contributed by atoms with van der Waals surface area (Å²) in [6, 6.07) is 14.5. The molecule has 0 radical (unpaired) electrons. The van der Waals surface area contributed by atoms with Gasteiger partial charge < -0.3 is 14.6 Å². The lowest BCUT2D eigenvalue weighted by Crippen LogP contribution is -2.11. The third-order valence-electron chi connectivity index (χ3n) is 2.64. The van der Waals surface area contributed by atoms with Crippen molar-refractivity contribution in [3.8, 4) is 11.1 Å². The van der Waals surface area contributed by atoms with Crippen molar-refractivity contribution >= 4 is 28.5 Å². The second-order valence-corrected chi connectivity index (χ2v) is 4.79. The van der Waals surface area contributed by atoms with E-state index in [1.165, 1.54) is 6.92 Å². The van der Waals surface area contributed by atoms with Crippen molar-refractivity contribution in [2.24, 2.45) is 0 Å². The zero-order valence-corrected chi connectivity index (χ0v) is 11.6. The Morgan fingerprint density at radius 3 is 2.40 bits per heavy atom. The molecule has 0 bridgehead atoms. The average molecular weight is 289 g/mol. The quantitative estimate of drug-likeness (QED) is 0.849. The van der Waals surface area contributed by atoms with E-state index >= 15 is 0 Å². The predicted octanol–water partition coefficient (Wildman–Crippen LogP) is 2.52. The van der Waals surface area contributed by atoms with E-state index in [-0.39, 0.29) is 5.91 Å². The van der Waals surface area contributed by atoms with E-state index in [9.17, 15) is 13.6 Å². The average Bonchev–Trinajstić information content (AvgIpc) is 2.40. The summed E-state index contributed by atoms with van der Waals surface area (Å²) in [5.74, 6) is -0.270. The number of amides is 1. The molecule has 0 aliphatic rings. The largest absolute Gasteiger partial charge is 0.755 e. The van der Waals surface area contributed by atoms with Crippen LogP contribution in [0.2, 0.25) is 0 Å². The van der Waals surface area contributed by atoms with Crippen LogP contribution in [0.4, 0.5) is 11.4 Å². The summed E-state index contributed by atoms with van der Waals surface area (Å²) in [7, 11) is 0. The van der Waals surface area contributed by atoms with Gasteiger partial charge in [0.25, 0.3) is 0 Å². The van der Waals surface area contributed by atoms with E-state index in [1.54, 1.807) is 12.1 Å². The number of hydrogen-bond donors (Lipinski definition) is 2. The lowest BCUT2D eigenvalue weighted by atomic mass is 10.0. The Kier molecular flexibility index (Phi) is 4.49. The van der Waals surface area contributed by atoms with Crippen LogP contribution in [0.3, 0.4) is 0 Å². The molecule has 2 aromatic rings. The number of hydrogen-bond acceptors (Lipinski definition) is 3. The number of nitrogens with one attached hydrogen (secondary N) is 2. The number of carbonyl (C=O) groups is 1. The lowest BCUT2D eigenvalue weighted by molar-refractivity contribution is -0.114. The van der Waals surface area contributed by atoms with E-state index in [2.05, 4.69) is 10.0 Å². The summed E-state index contributed by atoms with van der Waals surface area (Å²) in [5, 5.41) is 2.67. The lowest BCUT2D eigenvalue weighted by Gasteiger charge is -2.17. The molecule has 2 N–H and O–H groups in total. The van der Waals surface area contributed by atoms with Crippen LogP contribution in [0.5, 0.6) is 0 Å². The van der Waals surface area contributed by atoms with Gasteiger partial charge in [0, 0.05) is 23.8 Å². The summed E-state index contributed by atoms with van der Waals surface area (Å²) in [5.41, 5.74) is 2.40. The number of rotatable bonds is 4. The smallest absolute Gasteiger partial charge is 0.221 e. The molecule has 2 aromatic carbocycles. The highest BCUT2D eigenvalue weighted by atomic mass is 32.2. The molecule has 0 spiro atoms. The fraction of sp³-hybridized carbons (Fsp3) is 0.0714. The van der Waals surface area contributed by atoms with Crippen LogP contribution >= 0.6 is 0 Å². The van der Waals surface area contributed by atoms with Crippen LogP contribution < -0.4 is 10.0 Å². The van der Waals surface area contributed by atoms with Crippen molar-refractivity contribution in [1.29, 1.82) is 0 Å². The number of para-hydroxylation sites is 1. The molecule has 1 amide bonds. The molecule has 0 fully saturated rings. The molecule has 0 aliphatic heterocycles. The fourth-order valence-corrected chi connectivity index (χ4v) is 2.25. The van der Waals surface area contributed by atoms with Gasteiger partial charge in [0.1, 0.15) is 0 Å². The molecule has 104 valence electrons. The molecule has 0 heterocycles. The first-order valence-corrected chi connectivity index (χ1v) is 6.97. The minimum Gasteiger partial charge on any atom is -0.755 e. The maximum absolute atomic E-state index is 11.3. The molecule has 0 saturated carbocycles. The molecule has 0 aromatic heterocycles. The van der Waals surface area contributed by atoms with E-state index < -0.39 is 11.3 Å². The topological polar surface area (TPSA) is 81.3 Å². The predicted molar refractivity (Wildman–Crippen MR) is 78.7 cm³/mol. The Morgan fingerprint density at radius 2 is 1.80 bits per heavy atom. The third kappa shape index (κ3) is 3.43. The Morgan fingerprint density at radius 1 is 1.10 bits per heavy atom. The van der Waals surface area contributed by atoms with Crippen molar-refractivity contribution in [2.75, 3.05) is 10.0 Å². The summed E-state index contributed by atoms with van der Waals surface area (Å²) >= 11 is -2.46. The minimum atomic E-state index is -2.46. The van der Waals surface area contributed by atoms with Gasteiger partial charge in [0.2, 0.25) is 5.91 Å². The van der Waals surface area contributed by atoms with Crippen LogP contribution in [-0.4, -0.2) is 14.7 Å². The van der Waals surface area contributed by atoms with Gasteiger partial charge in [-0.15, -0.1) is 0 Å². The van der Waals surface area contributed by atoms with Gasteiger partial charge in [0.05, 0.1) is 11.4 Å². The van der Waals surface area contributed by atoms with E-state index in [0.717, 1.165) is 11.1 Å². The zero-order valence-electron chi connectivity index (χ0n) is 10.8. The van der Waals surface area contributed by atoms with Crippen LogP contribution in [-0.2, 0) is 16.1 Å². The van der Waals surface area contributed by atoms with Gasteiger partial charge in [-0.3, -0.25) is 9.00 Å².